The third-order valence-corrected chi connectivity index (χ3v) is 6.63. The number of hydrogen-bond donors (Lipinski definition) is 0. The maximum atomic E-state index is 12.6. The Morgan fingerprint density at radius 3 is 2.39 bits per heavy atom. The maximum Gasteiger partial charge on any atom is 0.253 e. The van der Waals surface area contributed by atoms with Gasteiger partial charge in [-0.05, 0) is 50.3 Å². The highest BCUT2D eigenvalue weighted by Crippen LogP contribution is 2.32. The van der Waals surface area contributed by atoms with Gasteiger partial charge in [0, 0.05) is 25.2 Å². The summed E-state index contributed by atoms with van der Waals surface area (Å²) < 4.78 is 25.9. The quantitative estimate of drug-likeness (QED) is 0.818. The van der Waals surface area contributed by atoms with Gasteiger partial charge in [0.15, 0.2) is 0 Å². The normalized spacial score (nSPS) is 21.3. The Kier molecular flexibility index (Phi) is 4.82. The average Bonchev–Trinajstić information content (AvgIpc) is 2.55. The highest BCUT2D eigenvalue weighted by Gasteiger charge is 2.28. The van der Waals surface area contributed by atoms with Crippen LogP contribution >= 0.6 is 11.6 Å². The number of anilines is 1. The molecule has 3 rings (SSSR count). The second-order valence-corrected chi connectivity index (χ2v) is 8.53. The molecule has 7 heteroatoms. The fraction of sp³-hybridized carbons (Fsp3) is 0.562. The third-order valence-electron chi connectivity index (χ3n) is 4.45. The smallest absolute Gasteiger partial charge is 0.253 e. The lowest BCUT2D eigenvalue weighted by atomic mass is 10.1. The second-order valence-electron chi connectivity index (χ2n) is 6.11. The Labute approximate surface area is 142 Å². The van der Waals surface area contributed by atoms with Gasteiger partial charge < -0.3 is 4.90 Å². The minimum absolute atomic E-state index is 0.0444. The van der Waals surface area contributed by atoms with E-state index >= 15 is 0 Å². The highest BCUT2D eigenvalue weighted by atomic mass is 35.5. The molecule has 2 heterocycles. The Bertz CT molecular complexity index is 699. The standard InChI is InChI=1S/C16H21ClN2O3S/c17-14-7-6-13(16(20)18-8-2-1-3-9-18)12-15(14)19-10-4-5-11-23(19,21)22/h6-7,12H,1-5,8-11H2. The van der Waals surface area contributed by atoms with Crippen LogP contribution in [0.2, 0.25) is 5.02 Å². The summed E-state index contributed by atoms with van der Waals surface area (Å²) in [6, 6.07) is 4.93. The number of rotatable bonds is 2. The monoisotopic (exact) mass is 356 g/mol. The van der Waals surface area contributed by atoms with Crippen molar-refractivity contribution in [1.82, 2.24) is 4.90 Å². The zero-order chi connectivity index (χ0) is 16.4. The lowest BCUT2D eigenvalue weighted by molar-refractivity contribution is 0.0724. The molecule has 0 N–H and O–H groups in total. The molecule has 0 aliphatic carbocycles. The van der Waals surface area contributed by atoms with Gasteiger partial charge in [-0.15, -0.1) is 0 Å². The summed E-state index contributed by atoms with van der Waals surface area (Å²) in [5, 5.41) is 0.366. The van der Waals surface area contributed by atoms with E-state index in [-0.39, 0.29) is 11.7 Å². The molecule has 5 nitrogen and oxygen atoms in total. The van der Waals surface area contributed by atoms with Crippen molar-refractivity contribution in [3.63, 3.8) is 0 Å². The molecule has 2 fully saturated rings. The van der Waals surface area contributed by atoms with Gasteiger partial charge in [-0.3, -0.25) is 9.10 Å². The van der Waals surface area contributed by atoms with Crippen molar-refractivity contribution in [2.24, 2.45) is 0 Å². The molecule has 1 aromatic rings. The van der Waals surface area contributed by atoms with Crippen molar-refractivity contribution in [1.29, 1.82) is 0 Å². The van der Waals surface area contributed by atoms with Crippen molar-refractivity contribution >= 4 is 33.2 Å². The van der Waals surface area contributed by atoms with E-state index in [2.05, 4.69) is 0 Å². The topological polar surface area (TPSA) is 57.7 Å². The molecule has 0 saturated carbocycles. The molecule has 0 bridgehead atoms. The number of benzene rings is 1. The van der Waals surface area contributed by atoms with Crippen LogP contribution in [0, 0.1) is 0 Å². The van der Waals surface area contributed by atoms with Crippen molar-refractivity contribution < 1.29 is 13.2 Å². The van der Waals surface area contributed by atoms with Crippen LogP contribution in [-0.4, -0.2) is 44.6 Å². The molecule has 0 atom stereocenters. The summed E-state index contributed by atoms with van der Waals surface area (Å²) in [7, 11) is -3.34. The molecule has 2 aliphatic rings. The molecule has 2 saturated heterocycles. The van der Waals surface area contributed by atoms with Crippen LogP contribution in [0.5, 0.6) is 0 Å². The fourth-order valence-electron chi connectivity index (χ4n) is 3.18. The van der Waals surface area contributed by atoms with E-state index in [1.807, 2.05) is 4.90 Å². The number of likely N-dealkylation sites (tertiary alicyclic amines) is 1. The van der Waals surface area contributed by atoms with E-state index in [0.29, 0.717) is 29.2 Å². The summed E-state index contributed by atoms with van der Waals surface area (Å²) in [6.07, 6.45) is 4.67. The maximum absolute atomic E-state index is 12.6. The fourth-order valence-corrected chi connectivity index (χ4v) is 5.09. The number of sulfonamides is 1. The summed E-state index contributed by atoms with van der Waals surface area (Å²) in [4.78, 5) is 14.5. The predicted molar refractivity (Wildman–Crippen MR) is 91.6 cm³/mol. The lowest BCUT2D eigenvalue weighted by Crippen LogP contribution is -2.38. The van der Waals surface area contributed by atoms with E-state index < -0.39 is 10.0 Å². The first-order valence-electron chi connectivity index (χ1n) is 8.08. The molecular formula is C16H21ClN2O3S. The number of hydrogen-bond acceptors (Lipinski definition) is 3. The highest BCUT2D eigenvalue weighted by molar-refractivity contribution is 7.92. The molecule has 0 aromatic heterocycles. The van der Waals surface area contributed by atoms with Gasteiger partial charge in [0.1, 0.15) is 0 Å². The van der Waals surface area contributed by atoms with E-state index in [9.17, 15) is 13.2 Å². The van der Waals surface area contributed by atoms with Gasteiger partial charge >= 0.3 is 0 Å². The van der Waals surface area contributed by atoms with Crippen LogP contribution in [0.25, 0.3) is 0 Å². The van der Waals surface area contributed by atoms with Gasteiger partial charge in [0.25, 0.3) is 5.91 Å². The first kappa shape index (κ1) is 16.6. The van der Waals surface area contributed by atoms with Crippen molar-refractivity contribution in [2.75, 3.05) is 29.7 Å². The summed E-state index contributed by atoms with van der Waals surface area (Å²) in [5.74, 6) is 0.0881. The lowest BCUT2D eigenvalue weighted by Gasteiger charge is -2.30. The van der Waals surface area contributed by atoms with Gasteiger partial charge in [0.2, 0.25) is 10.0 Å². The Morgan fingerprint density at radius 2 is 1.70 bits per heavy atom. The number of halogens is 1. The summed E-state index contributed by atoms with van der Waals surface area (Å²) >= 11 is 6.22. The van der Waals surface area contributed by atoms with Crippen LogP contribution in [0.3, 0.4) is 0 Å². The molecular weight excluding hydrogens is 336 g/mol. The summed E-state index contributed by atoms with van der Waals surface area (Å²) in [6.45, 7) is 1.95. The molecule has 23 heavy (non-hydrogen) atoms. The first-order chi connectivity index (χ1) is 11.0. The molecule has 2 aliphatic heterocycles. The number of nitrogens with zero attached hydrogens (tertiary/aromatic N) is 2. The van der Waals surface area contributed by atoms with E-state index in [1.165, 1.54) is 4.31 Å². The Balaban J connectivity index is 1.91. The largest absolute Gasteiger partial charge is 0.339 e. The molecule has 0 unspecified atom stereocenters. The van der Waals surface area contributed by atoms with Crippen LogP contribution in [0.15, 0.2) is 18.2 Å². The van der Waals surface area contributed by atoms with Gasteiger partial charge in [-0.2, -0.15) is 0 Å². The number of carbonyl (C=O) groups excluding carboxylic acids is 1. The van der Waals surface area contributed by atoms with E-state index in [4.69, 9.17) is 11.6 Å². The van der Waals surface area contributed by atoms with Gasteiger partial charge in [0.05, 0.1) is 16.5 Å². The minimum atomic E-state index is -3.34. The Morgan fingerprint density at radius 1 is 1.00 bits per heavy atom. The van der Waals surface area contributed by atoms with Gasteiger partial charge in [-0.1, -0.05) is 11.6 Å². The molecule has 1 aromatic carbocycles. The molecule has 0 radical (unpaired) electrons. The van der Waals surface area contributed by atoms with Crippen LogP contribution < -0.4 is 4.31 Å². The zero-order valence-corrected chi connectivity index (χ0v) is 14.6. The first-order valence-corrected chi connectivity index (χ1v) is 10.1. The molecule has 1 amide bonds. The van der Waals surface area contributed by atoms with E-state index in [0.717, 1.165) is 38.8 Å². The van der Waals surface area contributed by atoms with Crippen LogP contribution in [0.1, 0.15) is 42.5 Å². The van der Waals surface area contributed by atoms with E-state index in [1.54, 1.807) is 18.2 Å². The molecule has 0 spiro atoms. The van der Waals surface area contributed by atoms with Crippen molar-refractivity contribution in [2.45, 2.75) is 32.1 Å². The van der Waals surface area contributed by atoms with Crippen molar-refractivity contribution in [3.8, 4) is 0 Å². The van der Waals surface area contributed by atoms with Crippen LogP contribution in [0.4, 0.5) is 5.69 Å². The Hall–Kier alpha value is -1.27. The summed E-state index contributed by atoms with van der Waals surface area (Å²) in [5.41, 5.74) is 0.932. The molecule has 126 valence electrons. The zero-order valence-electron chi connectivity index (χ0n) is 13.0. The number of amides is 1. The van der Waals surface area contributed by atoms with Crippen LogP contribution in [-0.2, 0) is 10.0 Å². The second kappa shape index (κ2) is 6.69. The third kappa shape index (κ3) is 3.48. The SMILES string of the molecule is O=C(c1ccc(Cl)c(N2CCCCS2(=O)=O)c1)N1CCCCC1. The predicted octanol–water partition coefficient (Wildman–Crippen LogP) is 2.90. The number of piperidine rings is 1. The number of carbonyl (C=O) groups is 1. The van der Waals surface area contributed by atoms with Crippen molar-refractivity contribution in [3.05, 3.63) is 28.8 Å². The average molecular weight is 357 g/mol. The van der Waals surface area contributed by atoms with Gasteiger partial charge in [-0.25, -0.2) is 8.42 Å². The minimum Gasteiger partial charge on any atom is -0.339 e.